The SMILES string of the molecule is CCCNC(CC(=O)OC)c1ccc(F)cc1C. The Morgan fingerprint density at radius 1 is 1.50 bits per heavy atom. The highest BCUT2D eigenvalue weighted by Crippen LogP contribution is 2.22. The van der Waals surface area contributed by atoms with Gasteiger partial charge in [-0.1, -0.05) is 13.0 Å². The summed E-state index contributed by atoms with van der Waals surface area (Å²) in [5.41, 5.74) is 1.78. The molecule has 4 heteroatoms. The monoisotopic (exact) mass is 253 g/mol. The first-order chi connectivity index (χ1) is 8.58. The number of halogens is 1. The number of methoxy groups -OCH3 is 1. The maximum Gasteiger partial charge on any atom is 0.307 e. The molecule has 1 aromatic rings. The number of carbonyl (C=O) groups excluding carboxylic acids is 1. The van der Waals surface area contributed by atoms with Crippen LogP contribution in [0.15, 0.2) is 18.2 Å². The molecule has 0 spiro atoms. The number of benzene rings is 1. The Hall–Kier alpha value is -1.42. The third-order valence-corrected chi connectivity index (χ3v) is 2.85. The lowest BCUT2D eigenvalue weighted by Crippen LogP contribution is -2.25. The fourth-order valence-corrected chi connectivity index (χ4v) is 1.89. The fourth-order valence-electron chi connectivity index (χ4n) is 1.89. The summed E-state index contributed by atoms with van der Waals surface area (Å²) in [7, 11) is 1.37. The molecule has 0 saturated heterocycles. The molecule has 100 valence electrons. The van der Waals surface area contributed by atoms with Crippen LogP contribution in [0, 0.1) is 12.7 Å². The molecule has 0 fully saturated rings. The first-order valence-electron chi connectivity index (χ1n) is 6.14. The van der Waals surface area contributed by atoms with Crippen LogP contribution in [0.5, 0.6) is 0 Å². The van der Waals surface area contributed by atoms with Gasteiger partial charge in [0.2, 0.25) is 0 Å². The van der Waals surface area contributed by atoms with Crippen LogP contribution < -0.4 is 5.32 Å². The maximum absolute atomic E-state index is 13.1. The van der Waals surface area contributed by atoms with E-state index in [9.17, 15) is 9.18 Å². The van der Waals surface area contributed by atoms with Crippen LogP contribution >= 0.6 is 0 Å². The average molecular weight is 253 g/mol. The summed E-state index contributed by atoms with van der Waals surface area (Å²) in [6, 6.07) is 4.49. The Kier molecular flexibility index (Phi) is 5.78. The predicted molar refractivity (Wildman–Crippen MR) is 68.8 cm³/mol. The number of ether oxygens (including phenoxy) is 1. The van der Waals surface area contributed by atoms with Gasteiger partial charge in [0.05, 0.1) is 13.5 Å². The van der Waals surface area contributed by atoms with Crippen LogP contribution in [-0.4, -0.2) is 19.6 Å². The van der Waals surface area contributed by atoms with Gasteiger partial charge in [0, 0.05) is 6.04 Å². The Morgan fingerprint density at radius 3 is 2.78 bits per heavy atom. The molecule has 0 amide bonds. The third-order valence-electron chi connectivity index (χ3n) is 2.85. The second-order valence-corrected chi connectivity index (χ2v) is 4.29. The lowest BCUT2D eigenvalue weighted by atomic mass is 9.98. The van der Waals surface area contributed by atoms with Gasteiger partial charge >= 0.3 is 5.97 Å². The Bertz CT molecular complexity index is 407. The summed E-state index contributed by atoms with van der Waals surface area (Å²) in [6.45, 7) is 4.70. The summed E-state index contributed by atoms with van der Waals surface area (Å²) in [6.07, 6.45) is 1.22. The largest absolute Gasteiger partial charge is 0.469 e. The van der Waals surface area contributed by atoms with Crippen molar-refractivity contribution >= 4 is 5.97 Å². The molecule has 0 aliphatic heterocycles. The van der Waals surface area contributed by atoms with Gasteiger partial charge in [0.1, 0.15) is 5.82 Å². The van der Waals surface area contributed by atoms with Crippen molar-refractivity contribution in [2.24, 2.45) is 0 Å². The maximum atomic E-state index is 13.1. The van der Waals surface area contributed by atoms with E-state index in [1.165, 1.54) is 19.2 Å². The van der Waals surface area contributed by atoms with Crippen LogP contribution in [-0.2, 0) is 9.53 Å². The van der Waals surface area contributed by atoms with Crippen molar-refractivity contribution in [1.82, 2.24) is 5.32 Å². The molecule has 1 N–H and O–H groups in total. The van der Waals surface area contributed by atoms with Crippen molar-refractivity contribution in [2.75, 3.05) is 13.7 Å². The number of rotatable bonds is 6. The van der Waals surface area contributed by atoms with Gasteiger partial charge in [-0.25, -0.2) is 4.39 Å². The molecule has 3 nitrogen and oxygen atoms in total. The zero-order valence-electron chi connectivity index (χ0n) is 11.1. The summed E-state index contributed by atoms with van der Waals surface area (Å²) >= 11 is 0. The molecule has 1 unspecified atom stereocenters. The molecule has 0 radical (unpaired) electrons. The van der Waals surface area contributed by atoms with Gasteiger partial charge in [-0.05, 0) is 43.1 Å². The van der Waals surface area contributed by atoms with E-state index in [0.29, 0.717) is 0 Å². The van der Waals surface area contributed by atoms with Gasteiger partial charge in [0.15, 0.2) is 0 Å². The van der Waals surface area contributed by atoms with Gasteiger partial charge in [-0.3, -0.25) is 4.79 Å². The number of hydrogen-bond donors (Lipinski definition) is 1. The molecule has 0 bridgehead atoms. The molecule has 0 aliphatic carbocycles. The summed E-state index contributed by atoms with van der Waals surface area (Å²) < 4.78 is 17.8. The molecule has 0 aromatic heterocycles. The summed E-state index contributed by atoms with van der Waals surface area (Å²) in [5.74, 6) is -0.532. The highest BCUT2D eigenvalue weighted by molar-refractivity contribution is 5.70. The normalized spacial score (nSPS) is 12.2. The van der Waals surface area contributed by atoms with Crippen molar-refractivity contribution in [3.8, 4) is 0 Å². The van der Waals surface area contributed by atoms with Crippen molar-refractivity contribution in [1.29, 1.82) is 0 Å². The molecule has 0 saturated carbocycles. The highest BCUT2D eigenvalue weighted by Gasteiger charge is 2.17. The minimum absolute atomic E-state index is 0.127. The zero-order chi connectivity index (χ0) is 13.5. The first kappa shape index (κ1) is 14.6. The highest BCUT2D eigenvalue weighted by atomic mass is 19.1. The van der Waals surface area contributed by atoms with Crippen molar-refractivity contribution < 1.29 is 13.9 Å². The molecular weight excluding hydrogens is 233 g/mol. The van der Waals surface area contributed by atoms with E-state index in [-0.39, 0.29) is 24.2 Å². The van der Waals surface area contributed by atoms with Gasteiger partial charge in [-0.2, -0.15) is 0 Å². The van der Waals surface area contributed by atoms with E-state index in [4.69, 9.17) is 4.74 Å². The molecule has 18 heavy (non-hydrogen) atoms. The predicted octanol–water partition coefficient (Wildman–Crippen LogP) is 2.74. The first-order valence-corrected chi connectivity index (χ1v) is 6.14. The topological polar surface area (TPSA) is 38.3 Å². The Labute approximate surface area is 107 Å². The Balaban J connectivity index is 2.89. The van der Waals surface area contributed by atoms with Crippen molar-refractivity contribution in [3.63, 3.8) is 0 Å². The molecular formula is C14H20FNO2. The third kappa shape index (κ3) is 4.11. The molecule has 1 rings (SSSR count). The molecule has 1 atom stereocenters. The number of carbonyl (C=O) groups is 1. The van der Waals surface area contributed by atoms with Crippen LogP contribution in [0.3, 0.4) is 0 Å². The quantitative estimate of drug-likeness (QED) is 0.792. The van der Waals surface area contributed by atoms with Crippen molar-refractivity contribution in [2.45, 2.75) is 32.7 Å². The lowest BCUT2D eigenvalue weighted by Gasteiger charge is -2.19. The van der Waals surface area contributed by atoms with Crippen LogP contribution in [0.4, 0.5) is 4.39 Å². The lowest BCUT2D eigenvalue weighted by molar-refractivity contribution is -0.141. The van der Waals surface area contributed by atoms with Gasteiger partial charge in [-0.15, -0.1) is 0 Å². The second-order valence-electron chi connectivity index (χ2n) is 4.29. The van der Waals surface area contributed by atoms with E-state index in [2.05, 4.69) is 12.2 Å². The molecule has 0 aliphatic rings. The van der Waals surface area contributed by atoms with Crippen LogP contribution in [0.25, 0.3) is 0 Å². The number of esters is 1. The summed E-state index contributed by atoms with van der Waals surface area (Å²) in [4.78, 5) is 11.4. The standard InChI is InChI=1S/C14H20FNO2/c1-4-7-16-13(9-14(17)18-3)12-6-5-11(15)8-10(12)2/h5-6,8,13,16H,4,7,9H2,1-3H3. The van der Waals surface area contributed by atoms with Crippen molar-refractivity contribution in [3.05, 3.63) is 35.1 Å². The van der Waals surface area contributed by atoms with E-state index in [1.807, 2.05) is 6.92 Å². The number of nitrogens with one attached hydrogen (secondary N) is 1. The van der Waals surface area contributed by atoms with Crippen LogP contribution in [0.2, 0.25) is 0 Å². The Morgan fingerprint density at radius 2 is 2.22 bits per heavy atom. The van der Waals surface area contributed by atoms with E-state index in [0.717, 1.165) is 24.1 Å². The summed E-state index contributed by atoms with van der Waals surface area (Å²) in [5, 5.41) is 3.29. The zero-order valence-corrected chi connectivity index (χ0v) is 11.1. The van der Waals surface area contributed by atoms with E-state index in [1.54, 1.807) is 6.07 Å². The minimum atomic E-state index is -0.271. The average Bonchev–Trinajstić information content (AvgIpc) is 2.34. The van der Waals surface area contributed by atoms with E-state index < -0.39 is 0 Å². The number of aryl methyl sites for hydroxylation is 1. The minimum Gasteiger partial charge on any atom is -0.469 e. The van der Waals surface area contributed by atoms with E-state index >= 15 is 0 Å². The van der Waals surface area contributed by atoms with Gasteiger partial charge in [0.25, 0.3) is 0 Å². The number of hydrogen-bond acceptors (Lipinski definition) is 3. The van der Waals surface area contributed by atoms with Gasteiger partial charge < -0.3 is 10.1 Å². The molecule has 1 aromatic carbocycles. The molecule has 0 heterocycles. The second kappa shape index (κ2) is 7.11. The fraction of sp³-hybridized carbons (Fsp3) is 0.500. The smallest absolute Gasteiger partial charge is 0.307 e. The van der Waals surface area contributed by atoms with Crippen LogP contribution in [0.1, 0.15) is 36.9 Å².